The number of H-pyrrole nitrogens is 1. The molecule has 6 heteroatoms. The van der Waals surface area contributed by atoms with Crippen LogP contribution in [0.15, 0.2) is 58.2 Å². The molecule has 0 aliphatic heterocycles. The lowest BCUT2D eigenvalue weighted by Gasteiger charge is -2.28. The van der Waals surface area contributed by atoms with E-state index in [1.807, 2.05) is 50.2 Å². The zero-order chi connectivity index (χ0) is 20.6. The second-order valence-corrected chi connectivity index (χ2v) is 9.91. The fourth-order valence-electron chi connectivity index (χ4n) is 4.10. The van der Waals surface area contributed by atoms with Crippen LogP contribution in [0.2, 0.25) is 0 Å². The van der Waals surface area contributed by atoms with Gasteiger partial charge in [0.1, 0.15) is 0 Å². The third-order valence-electron chi connectivity index (χ3n) is 5.76. The van der Waals surface area contributed by atoms with Gasteiger partial charge >= 0.3 is 0 Å². The summed E-state index contributed by atoms with van der Waals surface area (Å²) in [7, 11) is -3.70. The van der Waals surface area contributed by atoms with Crippen LogP contribution in [0.25, 0.3) is 10.9 Å². The highest BCUT2D eigenvalue weighted by Gasteiger charge is 2.33. The SMILES string of the molecule is Cc1ccc(S(=O)(=O)N(Cc2cc3cc(C)ccc3[nH]c2=O)C2CCCC2)cc1. The average Bonchev–Trinajstić information content (AvgIpc) is 3.21. The Morgan fingerprint density at radius 3 is 2.31 bits per heavy atom. The zero-order valence-electron chi connectivity index (χ0n) is 16.8. The fraction of sp³-hybridized carbons (Fsp3) is 0.348. The maximum atomic E-state index is 13.5. The molecule has 3 aromatic rings. The number of aromatic nitrogens is 1. The number of rotatable bonds is 5. The van der Waals surface area contributed by atoms with Gasteiger partial charge in [-0.15, -0.1) is 0 Å². The molecule has 0 spiro atoms. The van der Waals surface area contributed by atoms with Gasteiger partial charge < -0.3 is 4.98 Å². The number of aromatic amines is 1. The van der Waals surface area contributed by atoms with Crippen molar-refractivity contribution in [1.29, 1.82) is 0 Å². The van der Waals surface area contributed by atoms with Crippen LogP contribution < -0.4 is 5.56 Å². The summed E-state index contributed by atoms with van der Waals surface area (Å²) in [5.74, 6) is 0. The highest BCUT2D eigenvalue weighted by Crippen LogP contribution is 2.30. The van der Waals surface area contributed by atoms with Crippen LogP contribution >= 0.6 is 0 Å². The molecule has 29 heavy (non-hydrogen) atoms. The van der Waals surface area contributed by atoms with E-state index < -0.39 is 10.0 Å². The van der Waals surface area contributed by atoms with Crippen molar-refractivity contribution in [2.24, 2.45) is 0 Å². The van der Waals surface area contributed by atoms with Gasteiger partial charge in [-0.25, -0.2) is 8.42 Å². The van der Waals surface area contributed by atoms with E-state index in [1.165, 1.54) is 4.31 Å². The van der Waals surface area contributed by atoms with Crippen LogP contribution in [0.4, 0.5) is 0 Å². The van der Waals surface area contributed by atoms with E-state index in [0.29, 0.717) is 5.56 Å². The van der Waals surface area contributed by atoms with Gasteiger partial charge in [0, 0.05) is 23.7 Å². The first-order chi connectivity index (χ1) is 13.8. The molecule has 0 amide bonds. The van der Waals surface area contributed by atoms with Crippen LogP contribution in [0, 0.1) is 13.8 Å². The summed E-state index contributed by atoms with van der Waals surface area (Å²) in [6, 6.07) is 14.5. The van der Waals surface area contributed by atoms with E-state index in [0.717, 1.165) is 47.7 Å². The second-order valence-electron chi connectivity index (χ2n) is 8.02. The molecular weight excluding hydrogens is 384 g/mol. The molecule has 0 atom stereocenters. The predicted molar refractivity (Wildman–Crippen MR) is 115 cm³/mol. The molecule has 0 radical (unpaired) electrons. The Bertz CT molecular complexity index is 1190. The normalized spacial score (nSPS) is 15.4. The Labute approximate surface area is 171 Å². The van der Waals surface area contributed by atoms with E-state index in [1.54, 1.807) is 12.1 Å². The lowest BCUT2D eigenvalue weighted by atomic mass is 10.1. The summed E-state index contributed by atoms with van der Waals surface area (Å²) >= 11 is 0. The van der Waals surface area contributed by atoms with Gasteiger partial charge in [0.15, 0.2) is 0 Å². The Morgan fingerprint density at radius 1 is 0.966 bits per heavy atom. The van der Waals surface area contributed by atoms with Gasteiger partial charge in [0.25, 0.3) is 5.56 Å². The lowest BCUT2D eigenvalue weighted by Crippen LogP contribution is -2.39. The summed E-state index contributed by atoms with van der Waals surface area (Å²) in [6.07, 6.45) is 3.68. The minimum atomic E-state index is -3.70. The van der Waals surface area contributed by atoms with Gasteiger partial charge in [0.05, 0.1) is 4.90 Å². The molecule has 2 aromatic carbocycles. The molecule has 1 heterocycles. The Hall–Kier alpha value is -2.44. The van der Waals surface area contributed by atoms with Gasteiger partial charge in [-0.1, -0.05) is 42.2 Å². The van der Waals surface area contributed by atoms with Gasteiger partial charge in [-0.2, -0.15) is 4.31 Å². The average molecular weight is 411 g/mol. The minimum Gasteiger partial charge on any atom is -0.322 e. The minimum absolute atomic E-state index is 0.0751. The molecule has 0 bridgehead atoms. The number of fused-ring (bicyclic) bond motifs is 1. The predicted octanol–water partition coefficient (Wildman–Crippen LogP) is 4.28. The number of hydrogen-bond acceptors (Lipinski definition) is 3. The van der Waals surface area contributed by atoms with Gasteiger partial charge in [-0.05, 0) is 62.4 Å². The van der Waals surface area contributed by atoms with E-state index in [2.05, 4.69) is 4.98 Å². The molecule has 1 N–H and O–H groups in total. The molecule has 0 unspecified atom stereocenters. The first kappa shape index (κ1) is 19.9. The van der Waals surface area contributed by atoms with E-state index in [-0.39, 0.29) is 23.0 Å². The number of sulfonamides is 1. The first-order valence-corrected chi connectivity index (χ1v) is 11.5. The maximum absolute atomic E-state index is 13.5. The summed E-state index contributed by atoms with van der Waals surface area (Å²) in [5.41, 5.74) is 3.11. The van der Waals surface area contributed by atoms with Crippen molar-refractivity contribution in [2.75, 3.05) is 0 Å². The quantitative estimate of drug-likeness (QED) is 0.683. The summed E-state index contributed by atoms with van der Waals surface area (Å²) in [5, 5.41) is 0.915. The molecule has 1 saturated carbocycles. The van der Waals surface area contributed by atoms with Crippen molar-refractivity contribution in [3.63, 3.8) is 0 Å². The zero-order valence-corrected chi connectivity index (χ0v) is 17.6. The number of aryl methyl sites for hydroxylation is 2. The third kappa shape index (κ3) is 4.00. The standard InChI is InChI=1S/C23H26N2O3S/c1-16-7-10-21(11-8-16)29(27,28)25(20-5-3-4-6-20)15-19-14-18-13-17(2)9-12-22(18)24-23(19)26/h7-14,20H,3-6,15H2,1-2H3,(H,24,26). The summed E-state index contributed by atoms with van der Waals surface area (Å²) in [4.78, 5) is 15.9. The van der Waals surface area contributed by atoms with Crippen LogP contribution in [0.3, 0.4) is 0 Å². The van der Waals surface area contributed by atoms with Crippen molar-refractivity contribution in [2.45, 2.75) is 57.0 Å². The largest absolute Gasteiger partial charge is 0.322 e. The monoisotopic (exact) mass is 410 g/mol. The number of nitrogens with zero attached hydrogens (tertiary/aromatic N) is 1. The van der Waals surface area contributed by atoms with E-state index in [4.69, 9.17) is 0 Å². The second kappa shape index (κ2) is 7.76. The van der Waals surface area contributed by atoms with Crippen molar-refractivity contribution < 1.29 is 8.42 Å². The Kier molecular flexibility index (Phi) is 5.32. The smallest absolute Gasteiger partial charge is 0.252 e. The lowest BCUT2D eigenvalue weighted by molar-refractivity contribution is 0.315. The molecule has 5 nitrogen and oxygen atoms in total. The van der Waals surface area contributed by atoms with Crippen molar-refractivity contribution in [3.8, 4) is 0 Å². The van der Waals surface area contributed by atoms with Crippen LogP contribution in [0.1, 0.15) is 42.4 Å². The maximum Gasteiger partial charge on any atom is 0.252 e. The van der Waals surface area contributed by atoms with Gasteiger partial charge in [0.2, 0.25) is 10.0 Å². The fourth-order valence-corrected chi connectivity index (χ4v) is 5.77. The van der Waals surface area contributed by atoms with Crippen molar-refractivity contribution in [3.05, 3.63) is 75.6 Å². The van der Waals surface area contributed by atoms with Crippen molar-refractivity contribution >= 4 is 20.9 Å². The molecule has 1 aliphatic carbocycles. The van der Waals surface area contributed by atoms with Crippen molar-refractivity contribution in [1.82, 2.24) is 9.29 Å². The van der Waals surface area contributed by atoms with Gasteiger partial charge in [-0.3, -0.25) is 4.79 Å². The summed E-state index contributed by atoms with van der Waals surface area (Å²) in [6.45, 7) is 4.01. The summed E-state index contributed by atoms with van der Waals surface area (Å²) < 4.78 is 28.5. The van der Waals surface area contributed by atoms with Crippen LogP contribution in [-0.2, 0) is 16.6 Å². The number of pyridine rings is 1. The molecule has 152 valence electrons. The molecule has 1 aromatic heterocycles. The topological polar surface area (TPSA) is 70.2 Å². The molecular formula is C23H26N2O3S. The highest BCUT2D eigenvalue weighted by atomic mass is 32.2. The Morgan fingerprint density at radius 2 is 1.62 bits per heavy atom. The molecule has 0 saturated heterocycles. The molecule has 1 aliphatic rings. The number of nitrogens with one attached hydrogen (secondary N) is 1. The number of hydrogen-bond donors (Lipinski definition) is 1. The van der Waals surface area contributed by atoms with E-state index >= 15 is 0 Å². The van der Waals surface area contributed by atoms with Crippen LogP contribution in [0.5, 0.6) is 0 Å². The molecule has 1 fully saturated rings. The van der Waals surface area contributed by atoms with Crippen LogP contribution in [-0.4, -0.2) is 23.7 Å². The third-order valence-corrected chi connectivity index (χ3v) is 7.67. The number of benzene rings is 2. The first-order valence-electron chi connectivity index (χ1n) is 10.1. The Balaban J connectivity index is 1.77. The van der Waals surface area contributed by atoms with E-state index in [9.17, 15) is 13.2 Å². The highest BCUT2D eigenvalue weighted by molar-refractivity contribution is 7.89. The molecule has 4 rings (SSSR count).